The van der Waals surface area contributed by atoms with Crippen molar-refractivity contribution in [1.82, 2.24) is 10.3 Å². The number of pyridine rings is 1. The van der Waals surface area contributed by atoms with E-state index in [1.54, 1.807) is 0 Å². The van der Waals surface area contributed by atoms with Crippen LogP contribution in [0.4, 0.5) is 10.1 Å². The highest BCUT2D eigenvalue weighted by Gasteiger charge is 2.39. The molecule has 0 unspecified atom stereocenters. The number of anilines is 1. The number of nitrogens with zero attached hydrogens (tertiary/aromatic N) is 1. The Kier molecular flexibility index (Phi) is 9.48. The fourth-order valence-corrected chi connectivity index (χ4v) is 6.26. The fraction of sp³-hybridized carbons (Fsp3) is 0.586. The molecule has 1 aromatic heterocycles. The number of halogens is 2. The molecule has 3 fully saturated rings. The number of morpholine rings is 1. The summed E-state index contributed by atoms with van der Waals surface area (Å²) in [6.45, 7) is 4.15. The summed E-state index contributed by atoms with van der Waals surface area (Å²) < 4.78 is 32.6. The molecule has 2 aromatic rings. The number of carbonyl (C=O) groups excluding carboxylic acids is 1. The highest BCUT2D eigenvalue weighted by Crippen LogP contribution is 2.36. The molecular weight excluding hydrogens is 523 g/mol. The third-order valence-corrected chi connectivity index (χ3v) is 8.59. The van der Waals surface area contributed by atoms with E-state index in [9.17, 15) is 4.79 Å². The van der Waals surface area contributed by atoms with Gasteiger partial charge in [0.1, 0.15) is 5.82 Å². The molecule has 39 heavy (non-hydrogen) atoms. The van der Waals surface area contributed by atoms with Gasteiger partial charge in [-0.2, -0.15) is 0 Å². The summed E-state index contributed by atoms with van der Waals surface area (Å²) >= 11 is 6.12. The molecule has 0 aliphatic carbocycles. The Morgan fingerprint density at radius 2 is 1.87 bits per heavy atom. The van der Waals surface area contributed by atoms with E-state index in [1.807, 2.05) is 24.3 Å². The highest BCUT2D eigenvalue weighted by molar-refractivity contribution is 6.30. The van der Waals surface area contributed by atoms with Crippen LogP contribution in [0, 0.1) is 11.7 Å². The van der Waals surface area contributed by atoms with Crippen LogP contribution in [0.5, 0.6) is 0 Å². The van der Waals surface area contributed by atoms with Crippen molar-refractivity contribution in [2.24, 2.45) is 11.7 Å². The molecule has 8 nitrogen and oxygen atoms in total. The molecule has 3 aliphatic rings. The van der Waals surface area contributed by atoms with Crippen LogP contribution in [0.2, 0.25) is 5.02 Å². The second-order valence-corrected chi connectivity index (χ2v) is 11.3. The van der Waals surface area contributed by atoms with E-state index >= 15 is 4.39 Å². The lowest BCUT2D eigenvalue weighted by molar-refractivity contribution is -0.160. The predicted molar refractivity (Wildman–Crippen MR) is 147 cm³/mol. The van der Waals surface area contributed by atoms with Gasteiger partial charge in [0.15, 0.2) is 0 Å². The monoisotopic (exact) mass is 560 g/mol. The number of hydrogen-bond acceptors (Lipinski definition) is 7. The number of nitrogens with two attached hydrogens (primary N) is 1. The summed E-state index contributed by atoms with van der Waals surface area (Å²) in [5, 5.41) is 7.00. The van der Waals surface area contributed by atoms with Crippen LogP contribution in [0.1, 0.15) is 49.1 Å². The minimum Gasteiger partial charge on any atom is -0.381 e. The average molecular weight is 561 g/mol. The molecule has 1 spiro atoms. The van der Waals surface area contributed by atoms with Gasteiger partial charge in [-0.05, 0) is 49.3 Å². The second kappa shape index (κ2) is 13.0. The van der Waals surface area contributed by atoms with Gasteiger partial charge in [-0.3, -0.25) is 9.78 Å². The van der Waals surface area contributed by atoms with E-state index in [1.165, 1.54) is 12.4 Å². The van der Waals surface area contributed by atoms with Gasteiger partial charge < -0.3 is 30.6 Å². The van der Waals surface area contributed by atoms with Crippen LogP contribution in [0.25, 0.3) is 0 Å². The predicted octanol–water partition coefficient (Wildman–Crippen LogP) is 3.82. The van der Waals surface area contributed by atoms with Crippen molar-refractivity contribution in [2.45, 2.75) is 62.2 Å². The molecule has 1 aromatic carbocycles. The second-order valence-electron chi connectivity index (χ2n) is 10.9. The largest absolute Gasteiger partial charge is 0.381 e. The topological polar surface area (TPSA) is 108 Å². The average Bonchev–Trinajstić information content (AvgIpc) is 2.95. The van der Waals surface area contributed by atoms with E-state index < -0.39 is 11.9 Å². The van der Waals surface area contributed by atoms with Crippen LogP contribution in [-0.4, -0.2) is 68.2 Å². The van der Waals surface area contributed by atoms with Gasteiger partial charge in [0, 0.05) is 68.9 Å². The Morgan fingerprint density at radius 1 is 1.15 bits per heavy atom. The summed E-state index contributed by atoms with van der Waals surface area (Å²) in [5.41, 5.74) is 8.13. The maximum Gasteiger partial charge on any atom is 0.241 e. The normalized spacial score (nSPS) is 23.3. The van der Waals surface area contributed by atoms with Crippen molar-refractivity contribution in [3.63, 3.8) is 0 Å². The van der Waals surface area contributed by atoms with E-state index in [2.05, 4.69) is 15.6 Å². The quantitative estimate of drug-likeness (QED) is 0.450. The van der Waals surface area contributed by atoms with Crippen molar-refractivity contribution in [1.29, 1.82) is 0 Å². The van der Waals surface area contributed by atoms with Gasteiger partial charge in [-0.15, -0.1) is 0 Å². The Labute approximate surface area is 234 Å². The van der Waals surface area contributed by atoms with Crippen LogP contribution in [-0.2, 0) is 25.4 Å². The molecule has 5 rings (SSSR count). The van der Waals surface area contributed by atoms with Crippen molar-refractivity contribution in [2.75, 3.05) is 44.8 Å². The zero-order valence-electron chi connectivity index (χ0n) is 22.2. The molecule has 3 aliphatic heterocycles. The van der Waals surface area contributed by atoms with Gasteiger partial charge >= 0.3 is 0 Å². The fourth-order valence-electron chi connectivity index (χ4n) is 6.14. The maximum absolute atomic E-state index is 15.0. The summed E-state index contributed by atoms with van der Waals surface area (Å²) in [6, 6.07) is 6.64. The SMILES string of the molecule is N[C@H](C(=O)Nc1cncc(F)c1CC[C@@H]1CNCC2(CCOCC2)O1)[C@@H](c1ccc(Cl)cc1)C1CCOCC1. The Hall–Kier alpha value is -2.14. The van der Waals surface area contributed by atoms with Crippen LogP contribution in [0.3, 0.4) is 0 Å². The number of aromatic nitrogens is 1. The third kappa shape index (κ3) is 6.96. The van der Waals surface area contributed by atoms with Gasteiger partial charge in [0.05, 0.1) is 35.8 Å². The lowest BCUT2D eigenvalue weighted by atomic mass is 9.76. The minimum atomic E-state index is -0.843. The smallest absolute Gasteiger partial charge is 0.241 e. The molecule has 4 N–H and O–H groups in total. The summed E-state index contributed by atoms with van der Waals surface area (Å²) in [6.07, 6.45) is 6.95. The minimum absolute atomic E-state index is 0.0574. The van der Waals surface area contributed by atoms with Gasteiger partial charge in [-0.1, -0.05) is 23.7 Å². The van der Waals surface area contributed by atoms with E-state index in [0.717, 1.165) is 37.8 Å². The molecule has 1 amide bonds. The van der Waals surface area contributed by atoms with Crippen LogP contribution in [0.15, 0.2) is 36.7 Å². The Morgan fingerprint density at radius 3 is 2.62 bits per heavy atom. The van der Waals surface area contributed by atoms with Crippen LogP contribution >= 0.6 is 11.6 Å². The zero-order valence-corrected chi connectivity index (χ0v) is 22.9. The number of carbonyl (C=O) groups is 1. The molecule has 4 heterocycles. The molecule has 0 bridgehead atoms. The number of ether oxygens (including phenoxy) is 3. The maximum atomic E-state index is 15.0. The zero-order chi connectivity index (χ0) is 27.2. The van der Waals surface area contributed by atoms with Gasteiger partial charge in [-0.25, -0.2) is 4.39 Å². The van der Waals surface area contributed by atoms with E-state index in [4.69, 9.17) is 31.5 Å². The molecular formula is C29H38ClFN4O4. The molecule has 0 saturated carbocycles. The number of rotatable bonds is 8. The number of benzene rings is 1. The first-order valence-electron chi connectivity index (χ1n) is 13.9. The molecule has 3 atom stereocenters. The molecule has 3 saturated heterocycles. The standard InChI is InChI=1S/C29H38ClFN4O4/c30-21-3-1-19(2-4-21)26(20-7-11-37-12-8-20)27(32)28(36)35-25-17-33-16-24(31)23(25)6-5-22-15-34-18-29(39-22)9-13-38-14-10-29/h1-4,16-17,20,22,26-27,34H,5-15,18,32H2,(H,35,36)/t22-,26+,27+/m1/s1. The number of amides is 1. The first-order valence-corrected chi connectivity index (χ1v) is 14.3. The Bertz CT molecular complexity index is 1100. The molecule has 0 radical (unpaired) electrons. The molecule has 212 valence electrons. The van der Waals surface area contributed by atoms with E-state index in [0.29, 0.717) is 62.1 Å². The highest BCUT2D eigenvalue weighted by atomic mass is 35.5. The summed E-state index contributed by atoms with van der Waals surface area (Å²) in [4.78, 5) is 17.5. The van der Waals surface area contributed by atoms with Crippen molar-refractivity contribution in [3.05, 3.63) is 58.6 Å². The van der Waals surface area contributed by atoms with Crippen LogP contribution < -0.4 is 16.4 Å². The Balaban J connectivity index is 1.28. The lowest BCUT2D eigenvalue weighted by Crippen LogP contribution is -2.56. The summed E-state index contributed by atoms with van der Waals surface area (Å²) in [5.74, 6) is -0.871. The number of nitrogens with one attached hydrogen (secondary N) is 2. The lowest BCUT2D eigenvalue weighted by Gasteiger charge is -2.44. The third-order valence-electron chi connectivity index (χ3n) is 8.34. The number of hydrogen-bond donors (Lipinski definition) is 3. The first-order chi connectivity index (χ1) is 18.9. The van der Waals surface area contributed by atoms with Crippen molar-refractivity contribution >= 4 is 23.2 Å². The van der Waals surface area contributed by atoms with Gasteiger partial charge in [0.2, 0.25) is 5.91 Å². The van der Waals surface area contributed by atoms with E-state index in [-0.39, 0.29) is 29.4 Å². The van der Waals surface area contributed by atoms with Crippen molar-refractivity contribution < 1.29 is 23.4 Å². The van der Waals surface area contributed by atoms with Crippen molar-refractivity contribution in [3.8, 4) is 0 Å². The molecule has 10 heteroatoms. The van der Waals surface area contributed by atoms with Gasteiger partial charge in [0.25, 0.3) is 0 Å². The summed E-state index contributed by atoms with van der Waals surface area (Å²) in [7, 11) is 0. The first kappa shape index (κ1) is 28.4.